The minimum absolute atomic E-state index is 0.144. The molecule has 1 aromatic heterocycles. The summed E-state index contributed by atoms with van der Waals surface area (Å²) in [5, 5.41) is 3.66. The fourth-order valence-corrected chi connectivity index (χ4v) is 2.90. The Morgan fingerprint density at radius 3 is 2.95 bits per heavy atom. The molecule has 0 radical (unpaired) electrons. The fourth-order valence-electron chi connectivity index (χ4n) is 2.90. The first kappa shape index (κ1) is 14.1. The highest BCUT2D eigenvalue weighted by Crippen LogP contribution is 2.39. The van der Waals surface area contributed by atoms with Gasteiger partial charge in [0.05, 0.1) is 0 Å². The summed E-state index contributed by atoms with van der Waals surface area (Å²) in [6, 6.07) is 10.8. The van der Waals surface area contributed by atoms with Crippen LogP contribution in [0.4, 0.5) is 0 Å². The van der Waals surface area contributed by atoms with Crippen molar-refractivity contribution in [3.05, 3.63) is 59.4 Å². The van der Waals surface area contributed by atoms with E-state index in [9.17, 15) is 0 Å². The third-order valence-electron chi connectivity index (χ3n) is 3.90. The molecule has 0 saturated carbocycles. The third-order valence-corrected chi connectivity index (χ3v) is 3.90. The molecule has 0 fully saturated rings. The molecular weight excluding hydrogens is 260 g/mol. The monoisotopic (exact) mass is 282 g/mol. The first-order valence-electron chi connectivity index (χ1n) is 7.45. The second-order valence-electron chi connectivity index (χ2n) is 6.40. The third kappa shape index (κ3) is 3.24. The van der Waals surface area contributed by atoms with E-state index in [0.29, 0.717) is 6.04 Å². The number of nitrogens with one attached hydrogen (secondary N) is 1. The summed E-state index contributed by atoms with van der Waals surface area (Å²) < 4.78 is 6.10. The van der Waals surface area contributed by atoms with E-state index < -0.39 is 0 Å². The summed E-state index contributed by atoms with van der Waals surface area (Å²) in [5.74, 6) is 1.00. The molecule has 0 bridgehead atoms. The predicted octanol–water partition coefficient (Wildman–Crippen LogP) is 3.78. The summed E-state index contributed by atoms with van der Waals surface area (Å²) in [6.45, 7) is 7.24. The highest BCUT2D eigenvalue weighted by molar-refractivity contribution is 5.41. The Kier molecular flexibility index (Phi) is 3.68. The molecule has 2 heterocycles. The quantitative estimate of drug-likeness (QED) is 0.930. The Morgan fingerprint density at radius 1 is 1.33 bits per heavy atom. The maximum atomic E-state index is 6.10. The van der Waals surface area contributed by atoms with Gasteiger partial charge in [-0.2, -0.15) is 0 Å². The normalized spacial score (nSPS) is 19.7. The molecule has 21 heavy (non-hydrogen) atoms. The van der Waals surface area contributed by atoms with Crippen LogP contribution in [0.15, 0.2) is 42.7 Å². The van der Waals surface area contributed by atoms with Crippen LogP contribution >= 0.6 is 0 Å². The van der Waals surface area contributed by atoms with Gasteiger partial charge in [-0.1, -0.05) is 23.8 Å². The molecule has 1 N–H and O–H groups in total. The van der Waals surface area contributed by atoms with E-state index >= 15 is 0 Å². The van der Waals surface area contributed by atoms with Gasteiger partial charge in [0.2, 0.25) is 0 Å². The van der Waals surface area contributed by atoms with Gasteiger partial charge in [-0.15, -0.1) is 0 Å². The number of hydrogen-bond acceptors (Lipinski definition) is 3. The zero-order valence-electron chi connectivity index (χ0n) is 12.9. The first-order chi connectivity index (χ1) is 10.0. The Balaban J connectivity index is 1.82. The molecule has 3 nitrogen and oxygen atoms in total. The van der Waals surface area contributed by atoms with E-state index in [-0.39, 0.29) is 5.60 Å². The van der Waals surface area contributed by atoms with Crippen molar-refractivity contribution in [1.29, 1.82) is 0 Å². The lowest BCUT2D eigenvalue weighted by molar-refractivity contribution is 0.0657. The van der Waals surface area contributed by atoms with Crippen LogP contribution in [0.2, 0.25) is 0 Å². The SMILES string of the molecule is Cc1ccc2c(c1)C(NCc1cccnc1)CC(C)(C)O2. The highest BCUT2D eigenvalue weighted by atomic mass is 16.5. The highest BCUT2D eigenvalue weighted by Gasteiger charge is 2.33. The topological polar surface area (TPSA) is 34.2 Å². The van der Waals surface area contributed by atoms with E-state index in [4.69, 9.17) is 4.74 Å². The predicted molar refractivity (Wildman–Crippen MR) is 84.3 cm³/mol. The Bertz CT molecular complexity index is 622. The van der Waals surface area contributed by atoms with Crippen molar-refractivity contribution in [2.75, 3.05) is 0 Å². The van der Waals surface area contributed by atoms with E-state index in [1.165, 1.54) is 16.7 Å². The van der Waals surface area contributed by atoms with Crippen molar-refractivity contribution in [3.8, 4) is 5.75 Å². The molecule has 1 aromatic carbocycles. The van der Waals surface area contributed by atoms with Gasteiger partial charge in [-0.3, -0.25) is 4.98 Å². The van der Waals surface area contributed by atoms with Crippen molar-refractivity contribution in [1.82, 2.24) is 10.3 Å². The second kappa shape index (κ2) is 5.49. The molecule has 3 rings (SSSR count). The largest absolute Gasteiger partial charge is 0.487 e. The number of rotatable bonds is 3. The lowest BCUT2D eigenvalue weighted by Gasteiger charge is -2.38. The molecule has 0 saturated heterocycles. The average Bonchev–Trinajstić information content (AvgIpc) is 2.46. The summed E-state index contributed by atoms with van der Waals surface area (Å²) in [7, 11) is 0. The van der Waals surface area contributed by atoms with Gasteiger partial charge in [0.25, 0.3) is 0 Å². The maximum Gasteiger partial charge on any atom is 0.124 e. The van der Waals surface area contributed by atoms with Crippen LogP contribution in [-0.2, 0) is 6.54 Å². The van der Waals surface area contributed by atoms with Gasteiger partial charge in [0, 0.05) is 37.0 Å². The molecule has 0 spiro atoms. The summed E-state index contributed by atoms with van der Waals surface area (Å²) in [5.41, 5.74) is 3.59. The summed E-state index contributed by atoms with van der Waals surface area (Å²) in [6.07, 6.45) is 4.68. The Hall–Kier alpha value is -1.87. The summed E-state index contributed by atoms with van der Waals surface area (Å²) in [4.78, 5) is 4.17. The van der Waals surface area contributed by atoms with Crippen LogP contribution < -0.4 is 10.1 Å². The zero-order valence-corrected chi connectivity index (χ0v) is 12.9. The Labute approximate surface area is 126 Å². The van der Waals surface area contributed by atoms with Gasteiger partial charge in [0.15, 0.2) is 0 Å². The molecule has 0 amide bonds. The molecule has 110 valence electrons. The van der Waals surface area contributed by atoms with Crippen LogP contribution in [0, 0.1) is 6.92 Å². The minimum atomic E-state index is -0.144. The van der Waals surface area contributed by atoms with Crippen molar-refractivity contribution in [2.45, 2.75) is 45.4 Å². The van der Waals surface area contributed by atoms with Crippen molar-refractivity contribution < 1.29 is 4.74 Å². The number of nitrogens with zero attached hydrogens (tertiary/aromatic N) is 1. The van der Waals surface area contributed by atoms with E-state index in [2.05, 4.69) is 55.3 Å². The van der Waals surface area contributed by atoms with E-state index in [1.807, 2.05) is 12.3 Å². The Morgan fingerprint density at radius 2 is 2.19 bits per heavy atom. The van der Waals surface area contributed by atoms with Gasteiger partial charge in [-0.05, 0) is 38.5 Å². The van der Waals surface area contributed by atoms with E-state index in [0.717, 1.165) is 18.7 Å². The van der Waals surface area contributed by atoms with Crippen molar-refractivity contribution in [3.63, 3.8) is 0 Å². The van der Waals surface area contributed by atoms with E-state index in [1.54, 1.807) is 6.20 Å². The number of hydrogen-bond donors (Lipinski definition) is 1. The lowest BCUT2D eigenvalue weighted by Crippen LogP contribution is -2.39. The number of aryl methyl sites for hydroxylation is 1. The number of fused-ring (bicyclic) bond motifs is 1. The number of benzene rings is 1. The minimum Gasteiger partial charge on any atom is -0.487 e. The molecular formula is C18H22N2O. The van der Waals surface area contributed by atoms with Crippen molar-refractivity contribution >= 4 is 0 Å². The average molecular weight is 282 g/mol. The molecule has 2 aromatic rings. The van der Waals surface area contributed by atoms with Crippen LogP contribution in [0.1, 0.15) is 43.0 Å². The fraction of sp³-hybridized carbons (Fsp3) is 0.389. The number of pyridine rings is 1. The van der Waals surface area contributed by atoms with Crippen LogP contribution in [0.25, 0.3) is 0 Å². The van der Waals surface area contributed by atoms with Crippen LogP contribution in [0.3, 0.4) is 0 Å². The zero-order chi connectivity index (χ0) is 14.9. The smallest absolute Gasteiger partial charge is 0.124 e. The molecule has 1 aliphatic heterocycles. The molecule has 1 unspecified atom stereocenters. The standard InChI is InChI=1S/C18H22N2O/c1-13-6-7-17-15(9-13)16(10-18(2,3)21-17)20-12-14-5-4-8-19-11-14/h4-9,11,16,20H,10,12H2,1-3H3. The van der Waals surface area contributed by atoms with Gasteiger partial charge in [0.1, 0.15) is 11.4 Å². The second-order valence-corrected chi connectivity index (χ2v) is 6.40. The first-order valence-corrected chi connectivity index (χ1v) is 7.45. The maximum absolute atomic E-state index is 6.10. The summed E-state index contributed by atoms with van der Waals surface area (Å²) >= 11 is 0. The molecule has 1 atom stereocenters. The van der Waals surface area contributed by atoms with Crippen LogP contribution in [0.5, 0.6) is 5.75 Å². The van der Waals surface area contributed by atoms with Gasteiger partial charge >= 0.3 is 0 Å². The lowest BCUT2D eigenvalue weighted by atomic mass is 9.89. The van der Waals surface area contributed by atoms with Gasteiger partial charge < -0.3 is 10.1 Å². The van der Waals surface area contributed by atoms with Crippen molar-refractivity contribution in [2.24, 2.45) is 0 Å². The molecule has 0 aliphatic carbocycles. The molecule has 1 aliphatic rings. The van der Waals surface area contributed by atoms with Gasteiger partial charge in [-0.25, -0.2) is 0 Å². The number of ether oxygens (including phenoxy) is 1. The number of aromatic nitrogens is 1. The molecule has 3 heteroatoms. The van der Waals surface area contributed by atoms with Crippen LogP contribution in [-0.4, -0.2) is 10.6 Å².